The number of rotatable bonds is 4. The Balaban J connectivity index is 1.72. The van der Waals surface area contributed by atoms with Crippen LogP contribution < -0.4 is 10.1 Å². The molecule has 1 N–H and O–H groups in total. The van der Waals surface area contributed by atoms with Gasteiger partial charge in [0, 0.05) is 15.6 Å². The van der Waals surface area contributed by atoms with Gasteiger partial charge >= 0.3 is 6.61 Å². The van der Waals surface area contributed by atoms with Crippen molar-refractivity contribution in [1.82, 2.24) is 0 Å². The Hall–Kier alpha value is -2.50. The van der Waals surface area contributed by atoms with E-state index in [4.69, 9.17) is 11.6 Å². The van der Waals surface area contributed by atoms with E-state index in [-0.39, 0.29) is 11.0 Å². The Morgan fingerprint density at radius 2 is 1.64 bits per heavy atom. The number of fused-ring (bicyclic) bond motifs is 1. The van der Waals surface area contributed by atoms with Gasteiger partial charge in [-0.1, -0.05) is 48.0 Å². The molecule has 0 amide bonds. The first-order valence-electron chi connectivity index (χ1n) is 8.64. The summed E-state index contributed by atoms with van der Waals surface area (Å²) in [5, 5.41) is 4.19. The van der Waals surface area contributed by atoms with Crippen LogP contribution in [0.1, 0.15) is 16.4 Å². The first-order valence-corrected chi connectivity index (χ1v) is 9.89. The average Bonchev–Trinajstić information content (AvgIpc) is 2.88. The van der Waals surface area contributed by atoms with Crippen molar-refractivity contribution in [3.8, 4) is 5.75 Å². The summed E-state index contributed by atoms with van der Waals surface area (Å²) in [5.41, 5.74) is 4.00. The maximum absolute atomic E-state index is 12.4. The standard InChI is InChI=1S/C22H16ClF2NOS/c23-16-9-5-14(6-10-16)19-13-21(28-20-4-2-1-3-18(20)26-19)15-7-11-17(12-8-15)27-22(24)25/h1-13,21-22,26H/t21-/m0/s1. The highest BCUT2D eigenvalue weighted by atomic mass is 35.5. The number of halogens is 3. The van der Waals surface area contributed by atoms with Crippen LogP contribution in [-0.2, 0) is 0 Å². The highest BCUT2D eigenvalue weighted by Crippen LogP contribution is 2.44. The van der Waals surface area contributed by atoms with E-state index in [2.05, 4.69) is 22.2 Å². The predicted octanol–water partition coefficient (Wildman–Crippen LogP) is 7.24. The molecule has 0 saturated heterocycles. The van der Waals surface area contributed by atoms with E-state index in [1.807, 2.05) is 54.6 Å². The van der Waals surface area contributed by atoms with Gasteiger partial charge in [-0.25, -0.2) is 0 Å². The quantitative estimate of drug-likeness (QED) is 0.485. The molecule has 2 nitrogen and oxygen atoms in total. The van der Waals surface area contributed by atoms with Gasteiger partial charge in [0.2, 0.25) is 0 Å². The third kappa shape index (κ3) is 4.32. The second-order valence-corrected chi connectivity index (χ2v) is 7.81. The molecule has 0 aromatic heterocycles. The number of benzene rings is 3. The molecular formula is C22H16ClF2NOS. The summed E-state index contributed by atoms with van der Waals surface area (Å²) in [7, 11) is 0. The van der Waals surface area contributed by atoms with Crippen LogP contribution in [0.2, 0.25) is 5.02 Å². The molecule has 3 aromatic carbocycles. The smallest absolute Gasteiger partial charge is 0.387 e. The van der Waals surface area contributed by atoms with E-state index < -0.39 is 6.61 Å². The predicted molar refractivity (Wildman–Crippen MR) is 111 cm³/mol. The summed E-state index contributed by atoms with van der Waals surface area (Å²) in [6.07, 6.45) is 2.14. The van der Waals surface area contributed by atoms with E-state index in [0.717, 1.165) is 27.4 Å². The fourth-order valence-corrected chi connectivity index (χ4v) is 4.28. The van der Waals surface area contributed by atoms with Gasteiger partial charge in [-0.05, 0) is 53.6 Å². The van der Waals surface area contributed by atoms with E-state index in [9.17, 15) is 8.78 Å². The average molecular weight is 416 g/mol. The van der Waals surface area contributed by atoms with Crippen molar-refractivity contribution < 1.29 is 13.5 Å². The normalized spacial score (nSPS) is 16.0. The summed E-state index contributed by atoms with van der Waals surface area (Å²) in [6, 6.07) is 22.5. The summed E-state index contributed by atoms with van der Waals surface area (Å²) < 4.78 is 29.3. The highest BCUT2D eigenvalue weighted by Gasteiger charge is 2.19. The fraction of sp³-hybridized carbons (Fsp3) is 0.0909. The number of anilines is 1. The molecule has 4 rings (SSSR count). The molecule has 1 heterocycles. The second-order valence-electron chi connectivity index (χ2n) is 6.19. The highest BCUT2D eigenvalue weighted by molar-refractivity contribution is 7.99. The van der Waals surface area contributed by atoms with Crippen molar-refractivity contribution in [3.05, 3.63) is 95.0 Å². The van der Waals surface area contributed by atoms with Crippen molar-refractivity contribution in [1.29, 1.82) is 0 Å². The van der Waals surface area contributed by atoms with Gasteiger partial charge in [-0.15, -0.1) is 11.8 Å². The lowest BCUT2D eigenvalue weighted by Crippen LogP contribution is -2.02. The van der Waals surface area contributed by atoms with Crippen LogP contribution in [0.25, 0.3) is 5.70 Å². The minimum Gasteiger partial charge on any atom is -0.435 e. The van der Waals surface area contributed by atoms with Crippen molar-refractivity contribution in [3.63, 3.8) is 0 Å². The lowest BCUT2D eigenvalue weighted by molar-refractivity contribution is -0.0498. The Kier molecular flexibility index (Phi) is 5.55. The van der Waals surface area contributed by atoms with E-state index >= 15 is 0 Å². The molecule has 0 spiro atoms. The van der Waals surface area contributed by atoms with Gasteiger partial charge in [-0.3, -0.25) is 0 Å². The fourth-order valence-electron chi connectivity index (χ4n) is 2.98. The summed E-state index contributed by atoms with van der Waals surface area (Å²) >= 11 is 7.73. The van der Waals surface area contributed by atoms with Crippen molar-refractivity contribution in [2.75, 3.05) is 5.32 Å². The molecule has 1 atom stereocenters. The molecule has 6 heteroatoms. The lowest BCUT2D eigenvalue weighted by atomic mass is 10.1. The summed E-state index contributed by atoms with van der Waals surface area (Å²) in [6.45, 7) is -2.83. The number of thioether (sulfide) groups is 1. The largest absolute Gasteiger partial charge is 0.435 e. The zero-order chi connectivity index (χ0) is 19.5. The zero-order valence-corrected chi connectivity index (χ0v) is 16.2. The molecule has 0 saturated carbocycles. The van der Waals surface area contributed by atoms with Gasteiger partial charge in [0.05, 0.1) is 10.9 Å². The van der Waals surface area contributed by atoms with Crippen LogP contribution in [0.15, 0.2) is 83.8 Å². The van der Waals surface area contributed by atoms with Crippen LogP contribution in [0.4, 0.5) is 14.5 Å². The Bertz CT molecular complexity index is 990. The monoisotopic (exact) mass is 415 g/mol. The first kappa shape index (κ1) is 18.8. The lowest BCUT2D eigenvalue weighted by Gasteiger charge is -2.13. The minimum atomic E-state index is -2.83. The van der Waals surface area contributed by atoms with Gasteiger partial charge in [0.1, 0.15) is 5.75 Å². The van der Waals surface area contributed by atoms with E-state index in [1.54, 1.807) is 23.9 Å². The molecule has 0 unspecified atom stereocenters. The summed E-state index contributed by atoms with van der Waals surface area (Å²) in [4.78, 5) is 1.11. The van der Waals surface area contributed by atoms with Crippen molar-refractivity contribution >= 4 is 34.7 Å². The topological polar surface area (TPSA) is 21.3 Å². The minimum absolute atomic E-state index is 0.00225. The molecule has 3 aromatic rings. The molecule has 142 valence electrons. The maximum Gasteiger partial charge on any atom is 0.387 e. The number of para-hydroxylation sites is 1. The Morgan fingerprint density at radius 1 is 0.929 bits per heavy atom. The van der Waals surface area contributed by atoms with E-state index in [1.165, 1.54) is 0 Å². The molecule has 0 bridgehead atoms. The second kappa shape index (κ2) is 8.25. The number of hydrogen-bond acceptors (Lipinski definition) is 3. The maximum atomic E-state index is 12.4. The first-order chi connectivity index (χ1) is 13.6. The molecule has 0 fully saturated rings. The van der Waals surface area contributed by atoms with Crippen LogP contribution in [0.5, 0.6) is 5.75 Å². The molecule has 0 aliphatic carbocycles. The molecule has 28 heavy (non-hydrogen) atoms. The molecule has 1 aliphatic rings. The van der Waals surface area contributed by atoms with Gasteiger partial charge in [0.15, 0.2) is 0 Å². The third-order valence-electron chi connectivity index (χ3n) is 4.32. The van der Waals surface area contributed by atoms with Crippen molar-refractivity contribution in [2.45, 2.75) is 16.8 Å². The Morgan fingerprint density at radius 3 is 2.36 bits per heavy atom. The zero-order valence-electron chi connectivity index (χ0n) is 14.6. The molecule has 0 radical (unpaired) electrons. The molecular weight excluding hydrogens is 400 g/mol. The number of ether oxygens (including phenoxy) is 1. The van der Waals surface area contributed by atoms with Crippen LogP contribution in [0.3, 0.4) is 0 Å². The van der Waals surface area contributed by atoms with Crippen LogP contribution in [0, 0.1) is 0 Å². The number of alkyl halides is 2. The Labute approximate surface area is 171 Å². The van der Waals surface area contributed by atoms with E-state index in [0.29, 0.717) is 5.02 Å². The number of nitrogens with one attached hydrogen (secondary N) is 1. The van der Waals surface area contributed by atoms with Crippen LogP contribution >= 0.6 is 23.4 Å². The SMILES string of the molecule is FC(F)Oc1ccc([C@@H]2C=C(c3ccc(Cl)cc3)Nc3ccccc3S2)cc1. The molecule has 1 aliphatic heterocycles. The summed E-state index contributed by atoms with van der Waals surface area (Å²) in [5.74, 6) is 0.151. The van der Waals surface area contributed by atoms with Crippen LogP contribution in [-0.4, -0.2) is 6.61 Å². The van der Waals surface area contributed by atoms with Crippen molar-refractivity contribution in [2.24, 2.45) is 0 Å². The van der Waals surface area contributed by atoms with Gasteiger partial charge in [-0.2, -0.15) is 8.78 Å². The van der Waals surface area contributed by atoms with Gasteiger partial charge in [0.25, 0.3) is 0 Å². The third-order valence-corrected chi connectivity index (χ3v) is 5.84. The number of hydrogen-bond donors (Lipinski definition) is 1. The van der Waals surface area contributed by atoms with Gasteiger partial charge < -0.3 is 10.1 Å².